The molecule has 2 aromatic heterocycles. The van der Waals surface area contributed by atoms with Crippen LogP contribution in [0.25, 0.3) is 5.65 Å². The summed E-state index contributed by atoms with van der Waals surface area (Å²) >= 11 is 3.40. The van der Waals surface area contributed by atoms with Crippen molar-refractivity contribution in [2.24, 2.45) is 0 Å². The van der Waals surface area contributed by atoms with Gasteiger partial charge in [-0.1, -0.05) is 15.9 Å². The van der Waals surface area contributed by atoms with Crippen LogP contribution in [0.5, 0.6) is 0 Å². The molecule has 2 aromatic rings. The summed E-state index contributed by atoms with van der Waals surface area (Å²) in [5.74, 6) is 0. The van der Waals surface area contributed by atoms with Crippen LogP contribution in [0.15, 0.2) is 27.6 Å². The topological polar surface area (TPSA) is 66.6 Å². The van der Waals surface area contributed by atoms with Gasteiger partial charge in [-0.05, 0) is 38.8 Å². The van der Waals surface area contributed by atoms with E-state index >= 15 is 0 Å². The van der Waals surface area contributed by atoms with Crippen LogP contribution in [0, 0.1) is 6.92 Å². The average Bonchev–Trinajstić information content (AvgIpc) is 2.38. The molecule has 1 aliphatic carbocycles. The van der Waals surface area contributed by atoms with Crippen LogP contribution in [0.4, 0.5) is 0 Å². The maximum atomic E-state index is 12.3. The van der Waals surface area contributed by atoms with E-state index in [1.807, 2.05) is 19.1 Å². The smallest absolute Gasteiger partial charge is 0.261 e. The molecule has 1 fully saturated rings. The standard InChI is InChI=1S/C15H18BrN3O2/c1-9-12(8-17-11-6-15(2,21)7-11)18-13-5-10(16)3-4-19(13)14(9)20/h3-5,11,17,21H,6-8H2,1-2H3. The Bertz CT molecular complexity index is 746. The minimum absolute atomic E-state index is 0.0371. The Balaban J connectivity index is 1.85. The highest BCUT2D eigenvalue weighted by molar-refractivity contribution is 9.10. The number of aliphatic hydroxyl groups is 1. The molecule has 6 heteroatoms. The molecule has 0 bridgehead atoms. The minimum Gasteiger partial charge on any atom is -0.390 e. The molecule has 1 saturated carbocycles. The monoisotopic (exact) mass is 351 g/mol. The molecule has 1 aliphatic rings. The van der Waals surface area contributed by atoms with Crippen molar-refractivity contribution in [1.82, 2.24) is 14.7 Å². The van der Waals surface area contributed by atoms with Crippen molar-refractivity contribution in [3.8, 4) is 0 Å². The van der Waals surface area contributed by atoms with E-state index in [9.17, 15) is 9.90 Å². The molecule has 3 rings (SSSR count). The number of hydrogen-bond donors (Lipinski definition) is 2. The van der Waals surface area contributed by atoms with Gasteiger partial charge in [-0.3, -0.25) is 9.20 Å². The molecule has 0 spiro atoms. The summed E-state index contributed by atoms with van der Waals surface area (Å²) in [4.78, 5) is 16.9. The highest BCUT2D eigenvalue weighted by atomic mass is 79.9. The van der Waals surface area contributed by atoms with Gasteiger partial charge in [-0.25, -0.2) is 4.98 Å². The Labute approximate surface area is 131 Å². The number of aromatic nitrogens is 2. The fourth-order valence-corrected chi connectivity index (χ4v) is 3.13. The van der Waals surface area contributed by atoms with Crippen molar-refractivity contribution >= 4 is 21.6 Å². The first-order valence-electron chi connectivity index (χ1n) is 6.99. The van der Waals surface area contributed by atoms with Gasteiger partial charge in [0.15, 0.2) is 0 Å². The fraction of sp³-hybridized carbons (Fsp3) is 0.467. The van der Waals surface area contributed by atoms with Gasteiger partial charge in [0.05, 0.1) is 11.3 Å². The number of hydrogen-bond acceptors (Lipinski definition) is 4. The molecule has 0 unspecified atom stereocenters. The van der Waals surface area contributed by atoms with E-state index in [1.165, 1.54) is 0 Å². The van der Waals surface area contributed by atoms with Gasteiger partial charge in [0.25, 0.3) is 5.56 Å². The Morgan fingerprint density at radius 2 is 2.29 bits per heavy atom. The van der Waals surface area contributed by atoms with Crippen molar-refractivity contribution in [3.63, 3.8) is 0 Å². The number of nitrogens with one attached hydrogen (secondary N) is 1. The highest BCUT2D eigenvalue weighted by Crippen LogP contribution is 2.31. The van der Waals surface area contributed by atoms with Crippen LogP contribution in [-0.4, -0.2) is 26.1 Å². The molecule has 2 N–H and O–H groups in total. The van der Waals surface area contributed by atoms with E-state index in [0.717, 1.165) is 23.0 Å². The van der Waals surface area contributed by atoms with Crippen LogP contribution < -0.4 is 10.9 Å². The normalized spacial score (nSPS) is 25.0. The lowest BCUT2D eigenvalue weighted by Crippen LogP contribution is -2.51. The van der Waals surface area contributed by atoms with Crippen molar-refractivity contribution in [3.05, 3.63) is 44.4 Å². The lowest BCUT2D eigenvalue weighted by molar-refractivity contribution is -0.0394. The molecule has 2 heterocycles. The van der Waals surface area contributed by atoms with E-state index < -0.39 is 5.60 Å². The van der Waals surface area contributed by atoms with Crippen molar-refractivity contribution < 1.29 is 5.11 Å². The molecule has 0 aromatic carbocycles. The van der Waals surface area contributed by atoms with Gasteiger partial charge in [-0.2, -0.15) is 0 Å². The quantitative estimate of drug-likeness (QED) is 0.884. The first kappa shape index (κ1) is 14.7. The third kappa shape index (κ3) is 2.88. The van der Waals surface area contributed by atoms with E-state index in [2.05, 4.69) is 26.2 Å². The van der Waals surface area contributed by atoms with E-state index in [4.69, 9.17) is 0 Å². The summed E-state index contributed by atoms with van der Waals surface area (Å²) in [5.41, 5.74) is 1.48. The Morgan fingerprint density at radius 3 is 2.95 bits per heavy atom. The first-order chi connectivity index (χ1) is 9.85. The first-order valence-corrected chi connectivity index (χ1v) is 7.78. The summed E-state index contributed by atoms with van der Waals surface area (Å²) in [6.45, 7) is 4.19. The molecule has 0 radical (unpaired) electrons. The second-order valence-corrected chi connectivity index (χ2v) is 6.96. The molecule has 5 nitrogen and oxygen atoms in total. The summed E-state index contributed by atoms with van der Waals surface area (Å²) in [6.07, 6.45) is 3.20. The summed E-state index contributed by atoms with van der Waals surface area (Å²) in [7, 11) is 0. The average molecular weight is 352 g/mol. The van der Waals surface area contributed by atoms with Crippen molar-refractivity contribution in [2.45, 2.75) is 44.9 Å². The highest BCUT2D eigenvalue weighted by Gasteiger charge is 2.37. The summed E-state index contributed by atoms with van der Waals surface area (Å²) in [6, 6.07) is 3.95. The van der Waals surface area contributed by atoms with Crippen LogP contribution in [0.2, 0.25) is 0 Å². The third-order valence-electron chi connectivity index (χ3n) is 4.05. The molecule has 0 aliphatic heterocycles. The lowest BCUT2D eigenvalue weighted by atomic mass is 9.77. The minimum atomic E-state index is -0.548. The van der Waals surface area contributed by atoms with Crippen LogP contribution in [0.1, 0.15) is 31.0 Å². The number of halogens is 1. The maximum Gasteiger partial charge on any atom is 0.261 e. The SMILES string of the molecule is Cc1c(CNC2CC(C)(O)C2)nc2cc(Br)ccn2c1=O. The fourth-order valence-electron chi connectivity index (χ4n) is 2.81. The Kier molecular flexibility index (Phi) is 3.63. The predicted molar refractivity (Wildman–Crippen MR) is 84.4 cm³/mol. The molecular formula is C15H18BrN3O2. The largest absolute Gasteiger partial charge is 0.390 e. The van der Waals surface area contributed by atoms with Crippen LogP contribution in [0.3, 0.4) is 0 Å². The predicted octanol–water partition coefficient (Wildman–Crippen LogP) is 1.77. The van der Waals surface area contributed by atoms with E-state index in [-0.39, 0.29) is 5.56 Å². The second-order valence-electron chi connectivity index (χ2n) is 6.04. The molecular weight excluding hydrogens is 334 g/mol. The maximum absolute atomic E-state index is 12.3. The van der Waals surface area contributed by atoms with Crippen LogP contribution in [-0.2, 0) is 6.54 Å². The molecule has 112 valence electrons. The third-order valence-corrected chi connectivity index (χ3v) is 4.54. The van der Waals surface area contributed by atoms with Crippen LogP contribution >= 0.6 is 15.9 Å². The zero-order chi connectivity index (χ0) is 15.2. The van der Waals surface area contributed by atoms with Gasteiger partial charge in [0.1, 0.15) is 5.65 Å². The van der Waals surface area contributed by atoms with Gasteiger partial charge in [0.2, 0.25) is 0 Å². The molecule has 0 atom stereocenters. The van der Waals surface area contributed by atoms with Gasteiger partial charge >= 0.3 is 0 Å². The van der Waals surface area contributed by atoms with E-state index in [1.54, 1.807) is 17.5 Å². The Morgan fingerprint density at radius 1 is 1.57 bits per heavy atom. The number of nitrogens with zero attached hydrogens (tertiary/aromatic N) is 2. The van der Waals surface area contributed by atoms with Crippen molar-refractivity contribution in [2.75, 3.05) is 0 Å². The van der Waals surface area contributed by atoms with Gasteiger partial charge in [-0.15, -0.1) is 0 Å². The zero-order valence-electron chi connectivity index (χ0n) is 12.1. The molecule has 0 amide bonds. The summed E-state index contributed by atoms with van der Waals surface area (Å²) in [5, 5.41) is 13.1. The van der Waals surface area contributed by atoms with E-state index in [0.29, 0.717) is 23.8 Å². The number of fused-ring (bicyclic) bond motifs is 1. The number of pyridine rings is 1. The Hall–Kier alpha value is -1.24. The van der Waals surface area contributed by atoms with Crippen molar-refractivity contribution in [1.29, 1.82) is 0 Å². The second kappa shape index (κ2) is 5.19. The summed E-state index contributed by atoms with van der Waals surface area (Å²) < 4.78 is 2.45. The zero-order valence-corrected chi connectivity index (χ0v) is 13.6. The molecule has 21 heavy (non-hydrogen) atoms. The lowest BCUT2D eigenvalue weighted by Gasteiger charge is -2.41. The van der Waals surface area contributed by atoms with Gasteiger partial charge in [0, 0.05) is 28.8 Å². The number of rotatable bonds is 3. The molecule has 0 saturated heterocycles. The van der Waals surface area contributed by atoms with Gasteiger partial charge < -0.3 is 10.4 Å².